The van der Waals surface area contributed by atoms with Crippen LogP contribution in [-0.2, 0) is 0 Å². The van der Waals surface area contributed by atoms with Crippen molar-refractivity contribution in [3.05, 3.63) is 32.7 Å². The predicted molar refractivity (Wildman–Crippen MR) is 74.1 cm³/mol. The lowest BCUT2D eigenvalue weighted by Gasteiger charge is -2.13. The van der Waals surface area contributed by atoms with E-state index >= 15 is 0 Å². The third-order valence-electron chi connectivity index (χ3n) is 2.09. The van der Waals surface area contributed by atoms with Gasteiger partial charge in [-0.3, -0.25) is 4.79 Å². The molecule has 0 heterocycles. The van der Waals surface area contributed by atoms with Gasteiger partial charge in [-0.05, 0) is 47.5 Å². The van der Waals surface area contributed by atoms with Gasteiger partial charge in [0.25, 0.3) is 5.91 Å². The Morgan fingerprint density at radius 3 is 2.81 bits per heavy atom. The Bertz CT molecular complexity index is 384. The molecule has 5 heteroatoms. The van der Waals surface area contributed by atoms with Gasteiger partial charge in [0.15, 0.2) is 0 Å². The zero-order chi connectivity index (χ0) is 12.1. The van der Waals surface area contributed by atoms with Gasteiger partial charge in [-0.15, -0.1) is 11.6 Å². The zero-order valence-electron chi connectivity index (χ0n) is 8.77. The minimum Gasteiger partial charge on any atom is -0.350 e. The Balaban J connectivity index is 2.76. The van der Waals surface area contributed by atoms with Crippen molar-refractivity contribution < 1.29 is 4.79 Å². The average Bonchev–Trinajstić information content (AvgIpc) is 2.21. The second-order valence-electron chi connectivity index (χ2n) is 3.48. The first-order valence-corrected chi connectivity index (χ1v) is 6.98. The number of halogens is 3. The van der Waals surface area contributed by atoms with E-state index in [1.165, 1.54) is 0 Å². The average molecular weight is 369 g/mol. The van der Waals surface area contributed by atoms with Crippen molar-refractivity contribution in [3.63, 3.8) is 0 Å². The number of hydrogen-bond donors (Lipinski definition) is 1. The molecule has 1 atom stereocenters. The zero-order valence-corrected chi connectivity index (χ0v) is 12.7. The molecule has 0 aliphatic heterocycles. The fourth-order valence-electron chi connectivity index (χ4n) is 1.21. The fraction of sp³-hybridized carbons (Fsp3) is 0.364. The van der Waals surface area contributed by atoms with Crippen LogP contribution in [0.1, 0.15) is 23.7 Å². The van der Waals surface area contributed by atoms with Crippen LogP contribution in [0.2, 0.25) is 0 Å². The van der Waals surface area contributed by atoms with Gasteiger partial charge >= 0.3 is 0 Å². The largest absolute Gasteiger partial charge is 0.350 e. The Morgan fingerprint density at radius 1 is 1.50 bits per heavy atom. The highest BCUT2D eigenvalue weighted by atomic mass is 79.9. The third kappa shape index (κ3) is 4.07. The molecule has 0 fully saturated rings. The van der Waals surface area contributed by atoms with Crippen molar-refractivity contribution in [2.24, 2.45) is 0 Å². The molecule has 88 valence electrons. The van der Waals surface area contributed by atoms with Crippen molar-refractivity contribution in [3.8, 4) is 0 Å². The summed E-state index contributed by atoms with van der Waals surface area (Å²) < 4.78 is 1.66. The van der Waals surface area contributed by atoms with Crippen LogP contribution in [-0.4, -0.2) is 17.8 Å². The summed E-state index contributed by atoms with van der Waals surface area (Å²) in [7, 11) is 0. The molecular weight excluding hydrogens is 357 g/mol. The van der Waals surface area contributed by atoms with Crippen LogP contribution in [0.5, 0.6) is 0 Å². The topological polar surface area (TPSA) is 29.1 Å². The lowest BCUT2D eigenvalue weighted by Crippen LogP contribution is -2.33. The number of rotatable bonds is 4. The summed E-state index contributed by atoms with van der Waals surface area (Å²) in [5.41, 5.74) is 0.621. The Labute approximate surface area is 117 Å². The number of amides is 1. The van der Waals surface area contributed by atoms with E-state index in [9.17, 15) is 4.79 Å². The Hall–Kier alpha value is -0.0600. The molecule has 1 unspecified atom stereocenters. The molecule has 1 aromatic carbocycles. The molecule has 1 aromatic rings. The van der Waals surface area contributed by atoms with Gasteiger partial charge in [0.1, 0.15) is 0 Å². The summed E-state index contributed by atoms with van der Waals surface area (Å²) in [6.45, 7) is 1.94. The lowest BCUT2D eigenvalue weighted by molar-refractivity contribution is 0.0938. The van der Waals surface area contributed by atoms with Crippen molar-refractivity contribution >= 4 is 49.4 Å². The number of carbonyl (C=O) groups is 1. The highest BCUT2D eigenvalue weighted by Gasteiger charge is 2.12. The normalized spacial score (nSPS) is 12.2. The van der Waals surface area contributed by atoms with Crippen molar-refractivity contribution in [2.75, 3.05) is 5.88 Å². The van der Waals surface area contributed by atoms with Gasteiger partial charge in [0, 0.05) is 20.9 Å². The summed E-state index contributed by atoms with van der Waals surface area (Å²) in [6, 6.07) is 5.58. The van der Waals surface area contributed by atoms with E-state index in [0.29, 0.717) is 11.4 Å². The summed E-state index contributed by atoms with van der Waals surface area (Å²) >= 11 is 12.3. The van der Waals surface area contributed by atoms with Crippen LogP contribution in [0.3, 0.4) is 0 Å². The van der Waals surface area contributed by atoms with Gasteiger partial charge < -0.3 is 5.32 Å². The summed E-state index contributed by atoms with van der Waals surface area (Å²) in [5, 5.41) is 2.89. The standard InChI is InChI=1S/C11H12Br2ClNO/c1-7(4-5-14)15-11(16)9-6-8(12)2-3-10(9)13/h2-3,6-7H,4-5H2,1H3,(H,15,16). The minimum absolute atomic E-state index is 0.0795. The Morgan fingerprint density at radius 2 is 2.19 bits per heavy atom. The molecule has 0 bridgehead atoms. The van der Waals surface area contributed by atoms with Crippen molar-refractivity contribution in [1.82, 2.24) is 5.32 Å². The molecule has 0 radical (unpaired) electrons. The SMILES string of the molecule is CC(CCCl)NC(=O)c1cc(Br)ccc1Br. The van der Waals surface area contributed by atoms with Crippen LogP contribution >= 0.6 is 43.5 Å². The minimum atomic E-state index is -0.0919. The maximum Gasteiger partial charge on any atom is 0.252 e. The first kappa shape index (κ1) is 14.0. The number of carbonyl (C=O) groups excluding carboxylic acids is 1. The molecule has 1 amide bonds. The number of nitrogens with one attached hydrogen (secondary N) is 1. The van der Waals surface area contributed by atoms with Crippen LogP contribution in [0.4, 0.5) is 0 Å². The van der Waals surface area contributed by atoms with E-state index in [1.807, 2.05) is 19.1 Å². The second kappa shape index (κ2) is 6.62. The van der Waals surface area contributed by atoms with E-state index in [2.05, 4.69) is 37.2 Å². The van der Waals surface area contributed by atoms with E-state index in [4.69, 9.17) is 11.6 Å². The maximum atomic E-state index is 11.9. The second-order valence-corrected chi connectivity index (χ2v) is 5.62. The molecule has 0 saturated heterocycles. The molecule has 2 nitrogen and oxygen atoms in total. The van der Waals surface area contributed by atoms with Gasteiger partial charge in [-0.2, -0.15) is 0 Å². The monoisotopic (exact) mass is 367 g/mol. The van der Waals surface area contributed by atoms with Crippen molar-refractivity contribution in [2.45, 2.75) is 19.4 Å². The molecule has 0 aliphatic rings. The number of hydrogen-bond acceptors (Lipinski definition) is 1. The third-order valence-corrected chi connectivity index (χ3v) is 3.50. The molecule has 0 aliphatic carbocycles. The summed E-state index contributed by atoms with van der Waals surface area (Å²) in [4.78, 5) is 11.9. The smallest absolute Gasteiger partial charge is 0.252 e. The van der Waals surface area contributed by atoms with Crippen LogP contribution < -0.4 is 5.32 Å². The Kier molecular flexibility index (Phi) is 5.79. The lowest BCUT2D eigenvalue weighted by atomic mass is 10.2. The van der Waals surface area contributed by atoms with Gasteiger partial charge in [0.05, 0.1) is 5.56 Å². The van der Waals surface area contributed by atoms with Gasteiger partial charge in [0.2, 0.25) is 0 Å². The summed E-state index contributed by atoms with van der Waals surface area (Å²) in [6.07, 6.45) is 0.763. The molecule has 16 heavy (non-hydrogen) atoms. The van der Waals surface area contributed by atoms with Crippen LogP contribution in [0.25, 0.3) is 0 Å². The van der Waals surface area contributed by atoms with Gasteiger partial charge in [-0.25, -0.2) is 0 Å². The first-order chi connectivity index (χ1) is 7.54. The molecule has 0 aromatic heterocycles. The predicted octanol–water partition coefficient (Wildman–Crippen LogP) is 3.96. The molecule has 1 rings (SSSR count). The highest BCUT2D eigenvalue weighted by Crippen LogP contribution is 2.21. The number of benzene rings is 1. The van der Waals surface area contributed by atoms with Crippen molar-refractivity contribution in [1.29, 1.82) is 0 Å². The highest BCUT2D eigenvalue weighted by molar-refractivity contribution is 9.11. The molecule has 1 N–H and O–H groups in total. The molecular formula is C11H12Br2ClNO. The maximum absolute atomic E-state index is 11.9. The first-order valence-electron chi connectivity index (χ1n) is 4.86. The quantitative estimate of drug-likeness (QED) is 0.800. The van der Waals surface area contributed by atoms with Crippen LogP contribution in [0, 0.1) is 0 Å². The van der Waals surface area contributed by atoms with Crippen LogP contribution in [0.15, 0.2) is 27.1 Å². The summed E-state index contributed by atoms with van der Waals surface area (Å²) in [5.74, 6) is 0.451. The molecule has 0 saturated carbocycles. The van der Waals surface area contributed by atoms with E-state index in [-0.39, 0.29) is 11.9 Å². The van der Waals surface area contributed by atoms with E-state index < -0.39 is 0 Å². The number of alkyl halides is 1. The van der Waals surface area contributed by atoms with Gasteiger partial charge in [-0.1, -0.05) is 15.9 Å². The fourth-order valence-corrected chi connectivity index (χ4v) is 2.32. The molecule has 0 spiro atoms. The van der Waals surface area contributed by atoms with E-state index in [0.717, 1.165) is 15.4 Å². The van der Waals surface area contributed by atoms with E-state index in [1.54, 1.807) is 6.07 Å².